The topological polar surface area (TPSA) is 90.4 Å². The van der Waals surface area contributed by atoms with Crippen molar-refractivity contribution in [2.45, 2.75) is 13.0 Å². The van der Waals surface area contributed by atoms with Crippen molar-refractivity contribution >= 4 is 16.7 Å². The number of hydrogen-bond donors (Lipinski definition) is 4. The van der Waals surface area contributed by atoms with Gasteiger partial charge in [0.25, 0.3) is 0 Å². The summed E-state index contributed by atoms with van der Waals surface area (Å²) >= 11 is 0. The molecule has 1 atom stereocenters. The Morgan fingerprint density at radius 3 is 2.64 bits per heavy atom. The van der Waals surface area contributed by atoms with Crippen molar-refractivity contribution in [2.24, 2.45) is 0 Å². The number of ether oxygens (including phenoxy) is 1. The molecular formula is C22H21N3O3. The molecular weight excluding hydrogens is 354 g/mol. The first-order valence-corrected chi connectivity index (χ1v) is 8.91. The summed E-state index contributed by atoms with van der Waals surface area (Å²) in [5.74, 6) is 1.15. The number of fused-ring (bicyclic) bond motifs is 1. The number of H-pyrrole nitrogens is 1. The minimum atomic E-state index is -0.304. The third kappa shape index (κ3) is 3.32. The number of phenols is 2. The second-order valence-corrected chi connectivity index (χ2v) is 6.70. The van der Waals surface area contributed by atoms with Crippen molar-refractivity contribution in [3.63, 3.8) is 0 Å². The number of aromatic nitrogens is 2. The van der Waals surface area contributed by atoms with E-state index in [0.29, 0.717) is 0 Å². The maximum atomic E-state index is 10.0. The Hall–Kier alpha value is -3.67. The van der Waals surface area contributed by atoms with Crippen molar-refractivity contribution in [3.8, 4) is 17.2 Å². The minimum absolute atomic E-state index is 0.156. The van der Waals surface area contributed by atoms with Gasteiger partial charge in [-0.1, -0.05) is 6.07 Å². The summed E-state index contributed by atoms with van der Waals surface area (Å²) in [6, 6.07) is 14.3. The van der Waals surface area contributed by atoms with Crippen LogP contribution in [0.15, 0.2) is 60.9 Å². The highest BCUT2D eigenvalue weighted by molar-refractivity contribution is 5.86. The molecule has 6 nitrogen and oxygen atoms in total. The monoisotopic (exact) mass is 375 g/mol. The molecule has 0 bridgehead atoms. The van der Waals surface area contributed by atoms with Crippen LogP contribution in [0.5, 0.6) is 17.2 Å². The number of pyridine rings is 1. The van der Waals surface area contributed by atoms with E-state index in [1.54, 1.807) is 25.4 Å². The molecule has 0 saturated heterocycles. The summed E-state index contributed by atoms with van der Waals surface area (Å²) < 4.78 is 5.38. The lowest BCUT2D eigenvalue weighted by atomic mass is 9.97. The Morgan fingerprint density at radius 1 is 1.04 bits per heavy atom. The molecule has 0 radical (unpaired) electrons. The molecule has 0 spiro atoms. The van der Waals surface area contributed by atoms with Gasteiger partial charge in [0.2, 0.25) is 0 Å². The van der Waals surface area contributed by atoms with Crippen LogP contribution in [-0.4, -0.2) is 27.3 Å². The molecule has 0 saturated carbocycles. The van der Waals surface area contributed by atoms with Crippen molar-refractivity contribution in [1.29, 1.82) is 0 Å². The summed E-state index contributed by atoms with van der Waals surface area (Å²) in [4.78, 5) is 7.70. The van der Waals surface area contributed by atoms with E-state index in [0.717, 1.165) is 39.2 Å². The lowest BCUT2D eigenvalue weighted by molar-refractivity contribution is 0.403. The first-order chi connectivity index (χ1) is 13.5. The number of aromatic hydroxyl groups is 2. The van der Waals surface area contributed by atoms with E-state index >= 15 is 0 Å². The molecule has 0 amide bonds. The average molecular weight is 375 g/mol. The fourth-order valence-electron chi connectivity index (χ4n) is 3.31. The molecule has 2 aromatic carbocycles. The van der Waals surface area contributed by atoms with E-state index in [1.807, 2.05) is 43.5 Å². The molecule has 0 aliphatic rings. The molecule has 4 N–H and O–H groups in total. The van der Waals surface area contributed by atoms with Gasteiger partial charge in [-0.25, -0.2) is 4.98 Å². The minimum Gasteiger partial charge on any atom is -0.504 e. The maximum Gasteiger partial charge on any atom is 0.157 e. The molecule has 0 aliphatic carbocycles. The predicted molar refractivity (Wildman–Crippen MR) is 109 cm³/mol. The number of phenolic OH excluding ortho intramolecular Hbond substituents is 2. The molecule has 2 heterocycles. The number of rotatable bonds is 5. The van der Waals surface area contributed by atoms with Gasteiger partial charge in [0, 0.05) is 28.9 Å². The number of anilines is 1. The summed E-state index contributed by atoms with van der Waals surface area (Å²) in [5, 5.41) is 24.2. The Morgan fingerprint density at radius 2 is 1.89 bits per heavy atom. The number of nitrogens with one attached hydrogen (secondary N) is 2. The van der Waals surface area contributed by atoms with E-state index in [2.05, 4.69) is 15.3 Å². The van der Waals surface area contributed by atoms with E-state index < -0.39 is 0 Å². The largest absolute Gasteiger partial charge is 0.504 e. The van der Waals surface area contributed by atoms with Crippen LogP contribution in [0.4, 0.5) is 5.82 Å². The lowest BCUT2D eigenvalue weighted by Crippen LogP contribution is -2.13. The average Bonchev–Trinajstić information content (AvgIpc) is 3.11. The fraction of sp³-hybridized carbons (Fsp3) is 0.136. The van der Waals surface area contributed by atoms with E-state index in [-0.39, 0.29) is 17.5 Å². The van der Waals surface area contributed by atoms with E-state index in [4.69, 9.17) is 4.74 Å². The van der Waals surface area contributed by atoms with Gasteiger partial charge in [0.1, 0.15) is 11.6 Å². The Kier molecular flexibility index (Phi) is 4.53. The van der Waals surface area contributed by atoms with Gasteiger partial charge in [0.05, 0.1) is 13.2 Å². The lowest BCUT2D eigenvalue weighted by Gasteiger charge is -2.20. The van der Waals surface area contributed by atoms with Crippen LogP contribution in [-0.2, 0) is 0 Å². The Labute approximate surface area is 162 Å². The number of nitrogens with zero attached hydrogens (tertiary/aromatic N) is 1. The number of benzene rings is 2. The maximum absolute atomic E-state index is 10.0. The van der Waals surface area contributed by atoms with Gasteiger partial charge >= 0.3 is 0 Å². The van der Waals surface area contributed by atoms with E-state index in [9.17, 15) is 10.2 Å². The highest BCUT2D eigenvalue weighted by Crippen LogP contribution is 2.36. The summed E-state index contributed by atoms with van der Waals surface area (Å²) in [6.45, 7) is 2.00. The molecule has 1 unspecified atom stereocenters. The molecule has 2 aromatic heterocycles. The van der Waals surface area contributed by atoms with Crippen LogP contribution in [0.2, 0.25) is 0 Å². The van der Waals surface area contributed by atoms with Gasteiger partial charge in [0.15, 0.2) is 11.5 Å². The molecule has 0 aliphatic heterocycles. The molecule has 0 fully saturated rings. The molecule has 142 valence electrons. The molecule has 4 rings (SSSR count). The van der Waals surface area contributed by atoms with Crippen LogP contribution in [0.3, 0.4) is 0 Å². The van der Waals surface area contributed by atoms with Crippen molar-refractivity contribution < 1.29 is 14.9 Å². The van der Waals surface area contributed by atoms with Gasteiger partial charge < -0.3 is 25.3 Å². The van der Waals surface area contributed by atoms with Crippen LogP contribution in [0.1, 0.15) is 22.7 Å². The summed E-state index contributed by atoms with van der Waals surface area (Å²) in [5.41, 5.74) is 3.83. The molecule has 28 heavy (non-hydrogen) atoms. The number of aryl methyl sites for hydroxylation is 1. The highest BCUT2D eigenvalue weighted by atomic mass is 16.5. The standard InChI is InChI=1S/C22H21N3O3/c1-13-7-8-23-21(9-13)25-22(14-3-6-19(26)20(27)10-14)17-12-24-18-5-4-15(28-2)11-16(17)18/h3-12,22,24,26-27H,1-2H3,(H,23,25). The summed E-state index contributed by atoms with van der Waals surface area (Å²) in [7, 11) is 1.64. The first-order valence-electron chi connectivity index (χ1n) is 8.91. The van der Waals surface area contributed by atoms with Gasteiger partial charge in [-0.3, -0.25) is 0 Å². The predicted octanol–water partition coefficient (Wildman–Crippen LogP) is 4.49. The Balaban J connectivity index is 1.86. The zero-order chi connectivity index (χ0) is 19.7. The second kappa shape index (κ2) is 7.15. The quantitative estimate of drug-likeness (QED) is 0.386. The fourth-order valence-corrected chi connectivity index (χ4v) is 3.31. The van der Waals surface area contributed by atoms with E-state index in [1.165, 1.54) is 6.07 Å². The second-order valence-electron chi connectivity index (χ2n) is 6.70. The van der Waals surface area contributed by atoms with Crippen LogP contribution in [0, 0.1) is 6.92 Å². The first kappa shape index (κ1) is 17.7. The van der Waals surface area contributed by atoms with Crippen molar-refractivity contribution in [3.05, 3.63) is 77.6 Å². The zero-order valence-corrected chi connectivity index (χ0v) is 15.6. The van der Waals surface area contributed by atoms with Gasteiger partial charge in [-0.15, -0.1) is 0 Å². The van der Waals surface area contributed by atoms with Crippen LogP contribution < -0.4 is 10.1 Å². The summed E-state index contributed by atoms with van der Waals surface area (Å²) in [6.07, 6.45) is 3.68. The highest BCUT2D eigenvalue weighted by Gasteiger charge is 2.20. The normalized spacial score (nSPS) is 12.1. The Bertz CT molecular complexity index is 1140. The smallest absolute Gasteiger partial charge is 0.157 e. The number of methoxy groups -OCH3 is 1. The third-order valence-electron chi connectivity index (χ3n) is 4.77. The molecule has 6 heteroatoms. The van der Waals surface area contributed by atoms with Crippen molar-refractivity contribution in [2.75, 3.05) is 12.4 Å². The SMILES string of the molecule is COc1ccc2[nH]cc(C(Nc3cc(C)ccn3)c3ccc(O)c(O)c3)c2c1. The zero-order valence-electron chi connectivity index (χ0n) is 15.6. The van der Waals surface area contributed by atoms with Gasteiger partial charge in [-0.05, 0) is 60.5 Å². The third-order valence-corrected chi connectivity index (χ3v) is 4.77. The number of hydrogen-bond acceptors (Lipinski definition) is 5. The van der Waals surface area contributed by atoms with Crippen LogP contribution >= 0.6 is 0 Å². The van der Waals surface area contributed by atoms with Crippen molar-refractivity contribution in [1.82, 2.24) is 9.97 Å². The molecule has 4 aromatic rings. The number of aromatic amines is 1. The van der Waals surface area contributed by atoms with Gasteiger partial charge in [-0.2, -0.15) is 0 Å². The van der Waals surface area contributed by atoms with Crippen LogP contribution in [0.25, 0.3) is 10.9 Å².